The van der Waals surface area contributed by atoms with E-state index in [1.54, 1.807) is 0 Å². The summed E-state index contributed by atoms with van der Waals surface area (Å²) >= 11 is 0. The molecule has 1 fully saturated rings. The lowest BCUT2D eigenvalue weighted by atomic mass is 9.78. The van der Waals surface area contributed by atoms with Crippen molar-refractivity contribution in [3.05, 3.63) is 41.7 Å². The highest BCUT2D eigenvalue weighted by Crippen LogP contribution is 2.39. The van der Waals surface area contributed by atoms with Gasteiger partial charge in [0.05, 0.1) is 0 Å². The first kappa shape index (κ1) is 12.8. The van der Waals surface area contributed by atoms with Gasteiger partial charge >= 0.3 is 0 Å². The zero-order valence-electron chi connectivity index (χ0n) is 11.4. The van der Waals surface area contributed by atoms with Gasteiger partial charge in [-0.25, -0.2) is 0 Å². The van der Waals surface area contributed by atoms with Crippen LogP contribution in [0, 0.1) is 0 Å². The lowest BCUT2D eigenvalue weighted by molar-refractivity contribution is 0.385. The van der Waals surface area contributed by atoms with Crippen molar-refractivity contribution in [1.82, 2.24) is 15.0 Å². The van der Waals surface area contributed by atoms with Gasteiger partial charge in [0.15, 0.2) is 0 Å². The van der Waals surface area contributed by atoms with Crippen molar-refractivity contribution in [3.63, 3.8) is 0 Å². The maximum absolute atomic E-state index is 5.64. The zero-order chi connectivity index (χ0) is 13.9. The van der Waals surface area contributed by atoms with E-state index in [0.717, 1.165) is 31.5 Å². The van der Waals surface area contributed by atoms with Crippen molar-refractivity contribution in [1.29, 1.82) is 0 Å². The SMILES string of the molecule is Nc1nc(N)nc([C@H]2CC[C@H](c3ccccc3)CC2)n1. The summed E-state index contributed by atoms with van der Waals surface area (Å²) in [5, 5.41) is 0. The Morgan fingerprint density at radius 2 is 1.30 bits per heavy atom. The van der Waals surface area contributed by atoms with E-state index in [4.69, 9.17) is 11.5 Å². The number of nitrogens with two attached hydrogens (primary N) is 2. The summed E-state index contributed by atoms with van der Waals surface area (Å²) in [5.74, 6) is 2.18. The number of nitrogen functional groups attached to an aromatic ring is 2. The fourth-order valence-corrected chi connectivity index (χ4v) is 3.02. The zero-order valence-corrected chi connectivity index (χ0v) is 11.4. The van der Waals surface area contributed by atoms with Crippen molar-refractivity contribution in [2.45, 2.75) is 37.5 Å². The molecule has 0 atom stereocenters. The Morgan fingerprint density at radius 1 is 0.750 bits per heavy atom. The Hall–Kier alpha value is -2.17. The van der Waals surface area contributed by atoms with E-state index in [9.17, 15) is 0 Å². The largest absolute Gasteiger partial charge is 0.368 e. The highest BCUT2D eigenvalue weighted by molar-refractivity contribution is 5.27. The lowest BCUT2D eigenvalue weighted by Crippen LogP contribution is -2.16. The number of benzene rings is 1. The first-order chi connectivity index (χ1) is 9.72. The van der Waals surface area contributed by atoms with Crippen LogP contribution in [0.4, 0.5) is 11.9 Å². The second kappa shape index (κ2) is 5.45. The summed E-state index contributed by atoms with van der Waals surface area (Å²) in [6.07, 6.45) is 4.45. The Labute approximate surface area is 118 Å². The quantitative estimate of drug-likeness (QED) is 0.874. The fourth-order valence-electron chi connectivity index (χ4n) is 3.02. The monoisotopic (exact) mass is 269 g/mol. The number of anilines is 2. The third-order valence-electron chi connectivity index (χ3n) is 4.05. The Morgan fingerprint density at radius 3 is 1.90 bits per heavy atom. The van der Waals surface area contributed by atoms with Gasteiger partial charge in [0.25, 0.3) is 0 Å². The molecule has 0 saturated heterocycles. The molecule has 4 N–H and O–H groups in total. The van der Waals surface area contributed by atoms with Crippen molar-refractivity contribution >= 4 is 11.9 Å². The molecule has 1 aromatic carbocycles. The van der Waals surface area contributed by atoms with Crippen LogP contribution in [0.1, 0.15) is 48.9 Å². The van der Waals surface area contributed by atoms with Crippen molar-refractivity contribution in [2.75, 3.05) is 11.5 Å². The molecule has 1 aliphatic carbocycles. The standard InChI is InChI=1S/C15H19N5/c16-14-18-13(19-15(17)20-14)12-8-6-11(7-9-12)10-4-2-1-3-5-10/h1-5,11-12H,6-9H2,(H4,16,17,18,19,20)/t11-,12-. The van der Waals surface area contributed by atoms with E-state index >= 15 is 0 Å². The topological polar surface area (TPSA) is 90.7 Å². The molecular weight excluding hydrogens is 250 g/mol. The molecule has 0 amide bonds. The summed E-state index contributed by atoms with van der Waals surface area (Å²) in [6, 6.07) is 10.7. The Kier molecular flexibility index (Phi) is 3.50. The van der Waals surface area contributed by atoms with Gasteiger partial charge in [0.1, 0.15) is 5.82 Å². The summed E-state index contributed by atoms with van der Waals surface area (Å²) < 4.78 is 0. The van der Waals surface area contributed by atoms with Crippen LogP contribution in [0.3, 0.4) is 0 Å². The second-order valence-electron chi connectivity index (χ2n) is 5.37. The molecule has 3 rings (SSSR count). The molecule has 20 heavy (non-hydrogen) atoms. The molecule has 1 heterocycles. The number of nitrogens with zero attached hydrogens (tertiary/aromatic N) is 3. The van der Waals surface area contributed by atoms with E-state index in [0.29, 0.717) is 11.8 Å². The lowest BCUT2D eigenvalue weighted by Gasteiger charge is -2.27. The molecule has 1 aliphatic rings. The van der Waals surface area contributed by atoms with Gasteiger partial charge in [-0.15, -0.1) is 0 Å². The maximum atomic E-state index is 5.64. The summed E-state index contributed by atoms with van der Waals surface area (Å²) in [5.41, 5.74) is 12.7. The van der Waals surface area contributed by atoms with Gasteiger partial charge in [0, 0.05) is 5.92 Å². The number of rotatable bonds is 2. The number of aromatic nitrogens is 3. The first-order valence-corrected chi connectivity index (χ1v) is 7.04. The van der Waals surface area contributed by atoms with Crippen LogP contribution in [0.5, 0.6) is 0 Å². The van der Waals surface area contributed by atoms with E-state index < -0.39 is 0 Å². The maximum Gasteiger partial charge on any atom is 0.225 e. The molecule has 5 heteroatoms. The Balaban J connectivity index is 1.69. The van der Waals surface area contributed by atoms with E-state index in [1.807, 2.05) is 0 Å². The van der Waals surface area contributed by atoms with E-state index in [2.05, 4.69) is 45.3 Å². The molecule has 0 aliphatic heterocycles. The minimum Gasteiger partial charge on any atom is -0.368 e. The molecule has 2 aromatic rings. The number of hydrogen-bond donors (Lipinski definition) is 2. The molecule has 0 unspecified atom stereocenters. The van der Waals surface area contributed by atoms with Crippen molar-refractivity contribution < 1.29 is 0 Å². The fraction of sp³-hybridized carbons (Fsp3) is 0.400. The van der Waals surface area contributed by atoms with E-state index in [1.165, 1.54) is 5.56 Å². The van der Waals surface area contributed by atoms with Crippen LogP contribution in [-0.2, 0) is 0 Å². The summed E-state index contributed by atoms with van der Waals surface area (Å²) in [7, 11) is 0. The predicted octanol–water partition coefficient (Wildman–Crippen LogP) is 2.48. The minimum absolute atomic E-state index is 0.220. The normalized spacial score (nSPS) is 22.6. The smallest absolute Gasteiger partial charge is 0.225 e. The van der Waals surface area contributed by atoms with Crippen LogP contribution >= 0.6 is 0 Å². The predicted molar refractivity (Wildman–Crippen MR) is 79.0 cm³/mol. The van der Waals surface area contributed by atoms with Gasteiger partial charge in [0.2, 0.25) is 11.9 Å². The molecule has 1 aromatic heterocycles. The Bertz CT molecular complexity index is 556. The number of hydrogen-bond acceptors (Lipinski definition) is 5. The van der Waals surface area contributed by atoms with Gasteiger partial charge in [-0.05, 0) is 37.2 Å². The van der Waals surface area contributed by atoms with Gasteiger partial charge in [-0.1, -0.05) is 30.3 Å². The average Bonchev–Trinajstić information content (AvgIpc) is 2.47. The highest BCUT2D eigenvalue weighted by atomic mass is 15.1. The molecule has 0 radical (unpaired) electrons. The van der Waals surface area contributed by atoms with Crippen LogP contribution in [0.25, 0.3) is 0 Å². The molecule has 5 nitrogen and oxygen atoms in total. The third kappa shape index (κ3) is 2.71. The first-order valence-electron chi connectivity index (χ1n) is 7.04. The molecule has 104 valence electrons. The molecule has 1 saturated carbocycles. The van der Waals surface area contributed by atoms with Gasteiger partial charge in [-0.3, -0.25) is 0 Å². The van der Waals surface area contributed by atoms with Crippen molar-refractivity contribution in [2.24, 2.45) is 0 Å². The second-order valence-corrected chi connectivity index (χ2v) is 5.37. The third-order valence-corrected chi connectivity index (χ3v) is 4.05. The van der Waals surface area contributed by atoms with Crippen LogP contribution in [0.2, 0.25) is 0 Å². The molecular formula is C15H19N5. The average molecular weight is 269 g/mol. The van der Waals surface area contributed by atoms with E-state index in [-0.39, 0.29) is 11.9 Å². The van der Waals surface area contributed by atoms with Gasteiger partial charge in [-0.2, -0.15) is 15.0 Å². The molecule has 0 bridgehead atoms. The minimum atomic E-state index is 0.220. The van der Waals surface area contributed by atoms with Crippen LogP contribution < -0.4 is 11.5 Å². The molecule has 0 spiro atoms. The van der Waals surface area contributed by atoms with Crippen molar-refractivity contribution in [3.8, 4) is 0 Å². The van der Waals surface area contributed by atoms with Crippen LogP contribution in [-0.4, -0.2) is 15.0 Å². The van der Waals surface area contributed by atoms with Crippen LogP contribution in [0.15, 0.2) is 30.3 Å². The highest BCUT2D eigenvalue weighted by Gasteiger charge is 2.25. The summed E-state index contributed by atoms with van der Waals surface area (Å²) in [4.78, 5) is 12.3. The van der Waals surface area contributed by atoms with Gasteiger partial charge < -0.3 is 11.5 Å². The summed E-state index contributed by atoms with van der Waals surface area (Å²) in [6.45, 7) is 0.